The quantitative estimate of drug-likeness (QED) is 0.280. The summed E-state index contributed by atoms with van der Waals surface area (Å²) >= 11 is 6.16. The summed E-state index contributed by atoms with van der Waals surface area (Å²) in [6, 6.07) is 7.67. The molecule has 1 aliphatic heterocycles. The van der Waals surface area contributed by atoms with Crippen molar-refractivity contribution in [3.8, 4) is 0 Å². The summed E-state index contributed by atoms with van der Waals surface area (Å²) in [5.74, 6) is 0. The number of phosphoric acid groups is 1. The van der Waals surface area contributed by atoms with Gasteiger partial charge < -0.3 is 19.6 Å². The minimum atomic E-state index is -4.60. The summed E-state index contributed by atoms with van der Waals surface area (Å²) in [6.07, 6.45) is 13.1. The second kappa shape index (κ2) is 11.6. The molecule has 0 aromatic heterocycles. The highest BCUT2D eigenvalue weighted by Crippen LogP contribution is 2.40. The van der Waals surface area contributed by atoms with E-state index in [0.29, 0.717) is 19.5 Å². The number of benzene rings is 1. The van der Waals surface area contributed by atoms with Gasteiger partial charge in [-0.05, 0) is 24.5 Å². The van der Waals surface area contributed by atoms with Crippen LogP contribution in [0, 0.1) is 0 Å². The van der Waals surface area contributed by atoms with Crippen LogP contribution >= 0.6 is 19.4 Å². The van der Waals surface area contributed by atoms with Gasteiger partial charge in [0, 0.05) is 30.5 Å². The number of nitrogens with zero attached hydrogens (tertiary/aromatic N) is 2. The molecule has 0 radical (unpaired) electrons. The first-order valence-corrected chi connectivity index (χ1v) is 11.6. The van der Waals surface area contributed by atoms with E-state index in [9.17, 15) is 14.4 Å². The van der Waals surface area contributed by atoms with Crippen LogP contribution < -0.4 is 0 Å². The van der Waals surface area contributed by atoms with Crippen LogP contribution in [0.4, 0.5) is 0 Å². The van der Waals surface area contributed by atoms with Crippen molar-refractivity contribution < 1.29 is 18.9 Å². The Morgan fingerprint density at radius 2 is 1.82 bits per heavy atom. The Kier molecular flexibility index (Phi) is 9.56. The molecule has 0 amide bonds. The first kappa shape index (κ1) is 23.0. The summed E-state index contributed by atoms with van der Waals surface area (Å²) in [4.78, 5) is 22.2. The van der Waals surface area contributed by atoms with Gasteiger partial charge in [0.25, 0.3) is 0 Å². The van der Waals surface area contributed by atoms with Gasteiger partial charge in [-0.3, -0.25) is 0 Å². The van der Waals surface area contributed by atoms with E-state index in [1.54, 1.807) is 4.90 Å². The van der Waals surface area contributed by atoms with E-state index in [4.69, 9.17) is 16.1 Å². The standard InChI is InChI=1S/C20H30ClN2O4P/c1-2-3-4-5-9-14-22-16-17-23(20(22)27-28(24,25)26)15-10-8-12-18-11-6-7-13-19(18)21/h6-8,10-11,13,16-17,20H,2-5,9,12,14-15H2,1H3,(H2,24,25,26). The van der Waals surface area contributed by atoms with Crippen molar-refractivity contribution in [3.05, 3.63) is 59.4 Å². The smallest absolute Gasteiger partial charge is 0.334 e. The SMILES string of the molecule is CCCCCCCN1C=CN(CC=CCc2ccccc2Cl)C1OP(=O)(O)O. The third-order valence-electron chi connectivity index (χ3n) is 4.55. The van der Waals surface area contributed by atoms with Crippen LogP contribution in [0.5, 0.6) is 0 Å². The minimum Gasteiger partial charge on any atom is -0.334 e. The second-order valence-electron chi connectivity index (χ2n) is 6.84. The third kappa shape index (κ3) is 7.98. The molecule has 28 heavy (non-hydrogen) atoms. The Balaban J connectivity index is 1.88. The molecule has 0 saturated heterocycles. The van der Waals surface area contributed by atoms with Crippen molar-refractivity contribution in [2.45, 2.75) is 51.8 Å². The monoisotopic (exact) mass is 428 g/mol. The van der Waals surface area contributed by atoms with Crippen LogP contribution in [0.2, 0.25) is 5.02 Å². The third-order valence-corrected chi connectivity index (χ3v) is 5.38. The molecule has 1 aromatic rings. The predicted molar refractivity (Wildman–Crippen MR) is 113 cm³/mol. The van der Waals surface area contributed by atoms with Gasteiger partial charge in [-0.15, -0.1) is 0 Å². The maximum Gasteiger partial charge on any atom is 0.472 e. The van der Waals surface area contributed by atoms with Crippen LogP contribution in [0.15, 0.2) is 48.8 Å². The van der Waals surface area contributed by atoms with Gasteiger partial charge >= 0.3 is 7.82 Å². The highest BCUT2D eigenvalue weighted by molar-refractivity contribution is 7.46. The molecule has 2 rings (SSSR count). The Morgan fingerprint density at radius 3 is 2.54 bits per heavy atom. The molecule has 6 nitrogen and oxygen atoms in total. The zero-order valence-corrected chi connectivity index (χ0v) is 17.9. The average molecular weight is 429 g/mol. The van der Waals surface area contributed by atoms with Gasteiger partial charge in [-0.2, -0.15) is 0 Å². The molecule has 0 spiro atoms. The van der Waals surface area contributed by atoms with E-state index in [0.717, 1.165) is 23.4 Å². The molecule has 1 aromatic carbocycles. The lowest BCUT2D eigenvalue weighted by atomic mass is 10.1. The van der Waals surface area contributed by atoms with Crippen LogP contribution in [-0.4, -0.2) is 39.0 Å². The first-order chi connectivity index (χ1) is 13.4. The zero-order chi connectivity index (χ0) is 20.4. The normalized spacial score (nSPS) is 17.2. The van der Waals surface area contributed by atoms with Crippen LogP contribution in [0.25, 0.3) is 0 Å². The summed E-state index contributed by atoms with van der Waals surface area (Å²) in [6.45, 7) is 3.35. The Morgan fingerprint density at radius 1 is 1.11 bits per heavy atom. The highest BCUT2D eigenvalue weighted by Gasteiger charge is 2.32. The van der Waals surface area contributed by atoms with Crippen LogP contribution in [-0.2, 0) is 15.5 Å². The van der Waals surface area contributed by atoms with E-state index >= 15 is 0 Å². The minimum absolute atomic E-state index is 0.484. The molecule has 2 N–H and O–H groups in total. The largest absolute Gasteiger partial charge is 0.472 e. The molecule has 0 saturated carbocycles. The molecule has 156 valence electrons. The number of allylic oxidation sites excluding steroid dienone is 1. The van der Waals surface area contributed by atoms with E-state index < -0.39 is 14.2 Å². The maximum atomic E-state index is 11.4. The summed E-state index contributed by atoms with van der Waals surface area (Å²) in [5, 5.41) is 0.727. The van der Waals surface area contributed by atoms with Crippen LogP contribution in [0.3, 0.4) is 0 Å². The van der Waals surface area contributed by atoms with Crippen molar-refractivity contribution in [1.82, 2.24) is 9.80 Å². The Hall–Kier alpha value is -1.30. The van der Waals surface area contributed by atoms with Gasteiger partial charge in [0.1, 0.15) is 0 Å². The molecule has 8 heteroatoms. The zero-order valence-electron chi connectivity index (χ0n) is 16.3. The fourth-order valence-electron chi connectivity index (χ4n) is 3.06. The molecule has 1 heterocycles. The van der Waals surface area contributed by atoms with Gasteiger partial charge in [0.2, 0.25) is 6.35 Å². The van der Waals surface area contributed by atoms with E-state index in [2.05, 4.69) is 6.92 Å². The van der Waals surface area contributed by atoms with Gasteiger partial charge in [-0.25, -0.2) is 9.09 Å². The van der Waals surface area contributed by atoms with E-state index in [1.807, 2.05) is 53.7 Å². The lowest BCUT2D eigenvalue weighted by Crippen LogP contribution is -2.40. The lowest BCUT2D eigenvalue weighted by molar-refractivity contribution is -0.0397. The van der Waals surface area contributed by atoms with Crippen molar-refractivity contribution in [3.63, 3.8) is 0 Å². The molecule has 1 atom stereocenters. The molecular formula is C20H30ClN2O4P. The van der Waals surface area contributed by atoms with E-state index in [-0.39, 0.29) is 0 Å². The Labute approximate surface area is 172 Å². The van der Waals surface area contributed by atoms with Crippen molar-refractivity contribution >= 4 is 19.4 Å². The van der Waals surface area contributed by atoms with Crippen molar-refractivity contribution in [1.29, 1.82) is 0 Å². The molecule has 1 unspecified atom stereocenters. The van der Waals surface area contributed by atoms with Gasteiger partial charge in [0.15, 0.2) is 0 Å². The molecule has 0 aliphatic carbocycles. The maximum absolute atomic E-state index is 11.4. The topological polar surface area (TPSA) is 73.2 Å². The number of phosphoric ester groups is 1. The number of hydrogen-bond acceptors (Lipinski definition) is 4. The number of halogens is 1. The predicted octanol–water partition coefficient (Wildman–Crippen LogP) is 4.89. The number of rotatable bonds is 12. The van der Waals surface area contributed by atoms with E-state index in [1.165, 1.54) is 19.3 Å². The fourth-order valence-corrected chi connectivity index (χ4v) is 3.76. The highest BCUT2D eigenvalue weighted by atomic mass is 35.5. The Bertz CT molecular complexity index is 707. The van der Waals surface area contributed by atoms with Crippen molar-refractivity contribution in [2.24, 2.45) is 0 Å². The molecule has 0 bridgehead atoms. The van der Waals surface area contributed by atoms with Crippen molar-refractivity contribution in [2.75, 3.05) is 13.1 Å². The second-order valence-corrected chi connectivity index (χ2v) is 8.44. The number of hydrogen-bond donors (Lipinski definition) is 2. The lowest BCUT2D eigenvalue weighted by Gasteiger charge is -2.31. The average Bonchev–Trinajstić information content (AvgIpc) is 3.00. The molecule has 1 aliphatic rings. The first-order valence-electron chi connectivity index (χ1n) is 9.73. The number of unbranched alkanes of at least 4 members (excludes halogenated alkanes) is 4. The molecular weight excluding hydrogens is 399 g/mol. The summed E-state index contributed by atoms with van der Waals surface area (Å²) < 4.78 is 16.4. The summed E-state index contributed by atoms with van der Waals surface area (Å²) in [7, 11) is -4.60. The summed E-state index contributed by atoms with van der Waals surface area (Å²) in [5.41, 5.74) is 1.04. The fraction of sp³-hybridized carbons (Fsp3) is 0.500. The van der Waals surface area contributed by atoms with Crippen LogP contribution in [0.1, 0.15) is 44.6 Å². The van der Waals surface area contributed by atoms with Gasteiger partial charge in [0.05, 0.1) is 0 Å². The van der Waals surface area contributed by atoms with Gasteiger partial charge in [-0.1, -0.05) is 74.6 Å². The molecule has 0 fully saturated rings.